The molecule has 2 aromatic carbocycles. The zero-order valence-electron chi connectivity index (χ0n) is 14.6. The van der Waals surface area contributed by atoms with Crippen molar-refractivity contribution in [2.45, 2.75) is 13.3 Å². The monoisotopic (exact) mass is 365 g/mol. The number of carbonyl (C=O) groups is 2. The Balaban J connectivity index is 1.97. The number of carboxylic acids is 1. The second-order valence-corrected chi connectivity index (χ2v) is 6.96. The zero-order valence-corrected chi connectivity index (χ0v) is 15.4. The topological polar surface area (TPSA) is 57.6 Å². The van der Waals surface area contributed by atoms with Crippen molar-refractivity contribution in [3.8, 4) is 10.4 Å². The van der Waals surface area contributed by atoms with Crippen molar-refractivity contribution in [3.05, 3.63) is 76.7 Å². The van der Waals surface area contributed by atoms with E-state index in [1.807, 2.05) is 42.5 Å². The van der Waals surface area contributed by atoms with Gasteiger partial charge in [0.05, 0.1) is 5.69 Å². The van der Waals surface area contributed by atoms with Crippen LogP contribution in [0.4, 0.5) is 5.69 Å². The van der Waals surface area contributed by atoms with Crippen molar-refractivity contribution in [3.63, 3.8) is 0 Å². The average molecular weight is 365 g/mol. The van der Waals surface area contributed by atoms with E-state index in [0.717, 1.165) is 22.4 Å². The molecule has 1 heterocycles. The van der Waals surface area contributed by atoms with Gasteiger partial charge >= 0.3 is 5.97 Å². The third kappa shape index (κ3) is 3.53. The molecule has 3 rings (SSSR count). The minimum atomic E-state index is -1.03. The van der Waals surface area contributed by atoms with Crippen molar-refractivity contribution < 1.29 is 14.7 Å². The van der Waals surface area contributed by atoms with Crippen LogP contribution in [-0.4, -0.2) is 24.0 Å². The summed E-state index contributed by atoms with van der Waals surface area (Å²) in [6, 6.07) is 18.7. The number of nitrogens with zero attached hydrogens (tertiary/aromatic N) is 1. The lowest BCUT2D eigenvalue weighted by atomic mass is 10.1. The first kappa shape index (κ1) is 17.9. The van der Waals surface area contributed by atoms with E-state index in [1.54, 1.807) is 25.2 Å². The Morgan fingerprint density at radius 2 is 1.69 bits per heavy atom. The summed E-state index contributed by atoms with van der Waals surface area (Å²) in [5.74, 6) is -1.26. The minimum Gasteiger partial charge on any atom is -0.477 e. The largest absolute Gasteiger partial charge is 0.477 e. The number of carbonyl (C=O) groups excluding carboxylic acids is 1. The van der Waals surface area contributed by atoms with Crippen LogP contribution < -0.4 is 4.90 Å². The molecule has 0 atom stereocenters. The molecular formula is C21H19NO3S. The van der Waals surface area contributed by atoms with E-state index in [1.165, 1.54) is 16.2 Å². The van der Waals surface area contributed by atoms with Crippen molar-refractivity contribution in [2.24, 2.45) is 0 Å². The Labute approximate surface area is 156 Å². The average Bonchev–Trinajstić information content (AvgIpc) is 3.13. The molecule has 5 heteroatoms. The third-order valence-electron chi connectivity index (χ3n) is 4.24. The van der Waals surface area contributed by atoms with Crippen LogP contribution in [0.15, 0.2) is 60.7 Å². The quantitative estimate of drug-likeness (QED) is 0.696. The lowest BCUT2D eigenvalue weighted by Crippen LogP contribution is -2.27. The molecule has 0 saturated heterocycles. The summed E-state index contributed by atoms with van der Waals surface area (Å²) in [7, 11) is 1.61. The van der Waals surface area contributed by atoms with E-state index in [9.17, 15) is 14.7 Å². The summed E-state index contributed by atoms with van der Waals surface area (Å²) < 4.78 is 0. The van der Waals surface area contributed by atoms with Crippen LogP contribution in [0.2, 0.25) is 0 Å². The Hall–Kier alpha value is -2.92. The summed E-state index contributed by atoms with van der Waals surface area (Å²) in [5, 5.41) is 9.57. The second-order valence-electron chi connectivity index (χ2n) is 5.91. The molecule has 0 bridgehead atoms. The number of hydrogen-bond donors (Lipinski definition) is 1. The van der Waals surface area contributed by atoms with Gasteiger partial charge < -0.3 is 10.0 Å². The maximum Gasteiger partial charge on any atom is 0.348 e. The number of benzene rings is 2. The Morgan fingerprint density at radius 3 is 2.27 bits per heavy atom. The first-order chi connectivity index (χ1) is 12.5. The summed E-state index contributed by atoms with van der Waals surface area (Å²) >= 11 is 1.17. The fraction of sp³-hybridized carbons (Fsp3) is 0.143. The van der Waals surface area contributed by atoms with Gasteiger partial charge in [-0.3, -0.25) is 4.79 Å². The van der Waals surface area contributed by atoms with Gasteiger partial charge in [0.15, 0.2) is 0 Å². The number of rotatable bonds is 5. The second kappa shape index (κ2) is 7.54. The minimum absolute atomic E-state index is 0.157. The van der Waals surface area contributed by atoms with Gasteiger partial charge in [-0.25, -0.2) is 4.79 Å². The van der Waals surface area contributed by atoms with Crippen LogP contribution in [-0.2, 0) is 6.42 Å². The van der Waals surface area contributed by atoms with Gasteiger partial charge in [-0.15, -0.1) is 11.3 Å². The molecule has 4 nitrogen and oxygen atoms in total. The van der Waals surface area contributed by atoms with E-state index in [2.05, 4.69) is 6.92 Å². The molecule has 0 aliphatic rings. The molecule has 26 heavy (non-hydrogen) atoms. The number of thiophene rings is 1. The molecule has 0 saturated carbocycles. The Morgan fingerprint density at radius 1 is 1.04 bits per heavy atom. The summed E-state index contributed by atoms with van der Waals surface area (Å²) in [4.78, 5) is 26.9. The lowest BCUT2D eigenvalue weighted by molar-refractivity contribution is 0.0703. The maximum absolute atomic E-state index is 12.8. The number of amides is 1. The van der Waals surface area contributed by atoms with Crippen LogP contribution in [0.3, 0.4) is 0 Å². The predicted molar refractivity (Wildman–Crippen MR) is 105 cm³/mol. The molecule has 0 unspecified atom stereocenters. The molecule has 0 aliphatic heterocycles. The van der Waals surface area contributed by atoms with Crippen molar-refractivity contribution >= 4 is 28.9 Å². The number of aromatic carboxylic acids is 1. The highest BCUT2D eigenvalue weighted by molar-refractivity contribution is 7.18. The molecule has 0 aliphatic carbocycles. The van der Waals surface area contributed by atoms with Crippen molar-refractivity contribution in [1.29, 1.82) is 0 Å². The number of anilines is 1. The van der Waals surface area contributed by atoms with Crippen LogP contribution in [0, 0.1) is 0 Å². The summed E-state index contributed by atoms with van der Waals surface area (Å²) in [6.07, 6.45) is 0.901. The Bertz CT molecular complexity index is 930. The van der Waals surface area contributed by atoms with E-state index in [-0.39, 0.29) is 10.8 Å². The molecule has 0 radical (unpaired) electrons. The standard InChI is InChI=1S/C21H19NO3S/c1-3-14-9-11-16(12-10-14)20(23)22(2)17-13-18(26-19(17)21(24)25)15-7-5-4-6-8-15/h4-13H,3H2,1-2H3,(H,24,25). The first-order valence-corrected chi connectivity index (χ1v) is 9.12. The van der Waals surface area contributed by atoms with Gasteiger partial charge in [-0.05, 0) is 35.7 Å². The fourth-order valence-electron chi connectivity index (χ4n) is 2.71. The Kier molecular flexibility index (Phi) is 5.19. The zero-order chi connectivity index (χ0) is 18.7. The van der Waals surface area contributed by atoms with Crippen LogP contribution in [0.5, 0.6) is 0 Å². The maximum atomic E-state index is 12.8. The van der Waals surface area contributed by atoms with Gasteiger partial charge in [0.25, 0.3) is 5.91 Å². The van der Waals surface area contributed by atoms with Crippen molar-refractivity contribution in [2.75, 3.05) is 11.9 Å². The molecule has 0 fully saturated rings. The summed E-state index contributed by atoms with van der Waals surface area (Å²) in [6.45, 7) is 2.05. The normalized spacial score (nSPS) is 10.5. The SMILES string of the molecule is CCc1ccc(C(=O)N(C)c2cc(-c3ccccc3)sc2C(=O)O)cc1. The number of aryl methyl sites for hydroxylation is 1. The number of carboxylic acid groups (broad SMARTS) is 1. The molecule has 1 aromatic heterocycles. The van der Waals surface area contributed by atoms with E-state index < -0.39 is 5.97 Å². The van der Waals surface area contributed by atoms with Gasteiger partial charge in [-0.1, -0.05) is 49.4 Å². The molecule has 1 N–H and O–H groups in total. The van der Waals surface area contributed by atoms with Crippen LogP contribution in [0.1, 0.15) is 32.5 Å². The predicted octanol–water partition coefficient (Wildman–Crippen LogP) is 4.95. The highest BCUT2D eigenvalue weighted by Gasteiger charge is 2.23. The van der Waals surface area contributed by atoms with E-state index in [0.29, 0.717) is 11.3 Å². The number of hydrogen-bond acceptors (Lipinski definition) is 3. The van der Waals surface area contributed by atoms with Gasteiger partial charge in [0.1, 0.15) is 4.88 Å². The highest BCUT2D eigenvalue weighted by Crippen LogP contribution is 2.37. The van der Waals surface area contributed by atoms with Crippen molar-refractivity contribution in [1.82, 2.24) is 0 Å². The first-order valence-electron chi connectivity index (χ1n) is 8.30. The van der Waals surface area contributed by atoms with Crippen LogP contribution in [0.25, 0.3) is 10.4 Å². The third-order valence-corrected chi connectivity index (χ3v) is 5.40. The molecule has 1 amide bonds. The molecule has 0 spiro atoms. The van der Waals surface area contributed by atoms with E-state index in [4.69, 9.17) is 0 Å². The lowest BCUT2D eigenvalue weighted by Gasteiger charge is -2.17. The molecule has 3 aromatic rings. The highest BCUT2D eigenvalue weighted by atomic mass is 32.1. The summed E-state index contributed by atoms with van der Waals surface area (Å²) in [5.41, 5.74) is 3.02. The van der Waals surface area contributed by atoms with Gasteiger partial charge in [-0.2, -0.15) is 0 Å². The smallest absolute Gasteiger partial charge is 0.348 e. The fourth-order valence-corrected chi connectivity index (χ4v) is 3.75. The van der Waals surface area contributed by atoms with Crippen LogP contribution >= 0.6 is 11.3 Å². The van der Waals surface area contributed by atoms with Gasteiger partial charge in [0, 0.05) is 17.5 Å². The molecular weight excluding hydrogens is 346 g/mol. The molecule has 132 valence electrons. The van der Waals surface area contributed by atoms with E-state index >= 15 is 0 Å². The van der Waals surface area contributed by atoms with Gasteiger partial charge in [0.2, 0.25) is 0 Å².